The molecule has 0 spiro atoms. The number of rotatable bonds is 3. The third-order valence-corrected chi connectivity index (χ3v) is 7.16. The van der Waals surface area contributed by atoms with Crippen LogP contribution in [0.15, 0.2) is 72.8 Å². The van der Waals surface area contributed by atoms with Crippen molar-refractivity contribution in [2.75, 3.05) is 0 Å². The molecule has 0 atom stereocenters. The zero-order chi connectivity index (χ0) is 22.0. The Morgan fingerprint density at radius 2 is 0.938 bits per heavy atom. The summed E-state index contributed by atoms with van der Waals surface area (Å²) in [4.78, 5) is 0. The summed E-state index contributed by atoms with van der Waals surface area (Å²) in [7, 11) is 4.35. The van der Waals surface area contributed by atoms with E-state index in [-0.39, 0.29) is 0 Å². The van der Waals surface area contributed by atoms with Crippen molar-refractivity contribution >= 4 is 43.6 Å². The van der Waals surface area contributed by atoms with Gasteiger partial charge in [-0.05, 0) is 80.3 Å². The molecule has 0 unspecified atom stereocenters. The Morgan fingerprint density at radius 1 is 0.469 bits per heavy atom. The van der Waals surface area contributed by atoms with Crippen molar-refractivity contribution in [2.24, 2.45) is 14.1 Å². The summed E-state index contributed by atoms with van der Waals surface area (Å²) in [5, 5.41) is 5.42. The zero-order valence-electron chi connectivity index (χ0n) is 19.2. The minimum Gasteiger partial charge on any atom is -0.344 e. The summed E-state index contributed by atoms with van der Waals surface area (Å²) >= 11 is 0. The number of fused-ring (bicyclic) bond motifs is 6. The molecule has 0 fully saturated rings. The molecule has 0 aliphatic heterocycles. The quantitative estimate of drug-likeness (QED) is 0.285. The molecule has 6 aromatic rings. The average molecular weight is 417 g/mol. The number of aryl methyl sites for hydroxylation is 6. The maximum absolute atomic E-state index is 2.40. The number of nitrogens with zero attached hydrogens (tertiary/aromatic N) is 2. The van der Waals surface area contributed by atoms with E-state index in [0.29, 0.717) is 0 Å². The highest BCUT2D eigenvalue weighted by Crippen LogP contribution is 2.31. The van der Waals surface area contributed by atoms with E-state index >= 15 is 0 Å². The van der Waals surface area contributed by atoms with Crippen LogP contribution in [0, 0.1) is 13.8 Å². The highest BCUT2D eigenvalue weighted by atomic mass is 14.9. The first-order valence-corrected chi connectivity index (χ1v) is 11.4. The summed E-state index contributed by atoms with van der Waals surface area (Å²) < 4.78 is 4.64. The molecule has 2 nitrogen and oxygen atoms in total. The lowest BCUT2D eigenvalue weighted by atomic mass is 10.0. The van der Waals surface area contributed by atoms with Gasteiger partial charge in [0.25, 0.3) is 0 Å². The smallest absolute Gasteiger partial charge is 0.0491 e. The summed E-state index contributed by atoms with van der Waals surface area (Å²) in [6.45, 7) is 4.34. The first kappa shape index (κ1) is 19.2. The second kappa shape index (κ2) is 7.00. The third-order valence-electron chi connectivity index (χ3n) is 7.16. The SMILES string of the molecule is Cc1ccc2c(c1)c1cc(CCc3ccc4c5cc(C)ccc5n(C)c4c3)ccc1n2C. The number of aromatic nitrogens is 2. The molecule has 0 saturated heterocycles. The van der Waals surface area contributed by atoms with Gasteiger partial charge in [0.15, 0.2) is 0 Å². The van der Waals surface area contributed by atoms with Crippen LogP contribution in [-0.2, 0) is 26.9 Å². The van der Waals surface area contributed by atoms with E-state index < -0.39 is 0 Å². The van der Waals surface area contributed by atoms with Crippen LogP contribution in [0.4, 0.5) is 0 Å². The molecule has 0 amide bonds. The van der Waals surface area contributed by atoms with Gasteiger partial charge in [0.05, 0.1) is 0 Å². The number of hydrogen-bond acceptors (Lipinski definition) is 0. The van der Waals surface area contributed by atoms with E-state index in [9.17, 15) is 0 Å². The van der Waals surface area contributed by atoms with E-state index in [4.69, 9.17) is 0 Å². The summed E-state index contributed by atoms with van der Waals surface area (Å²) in [5.74, 6) is 0. The van der Waals surface area contributed by atoms with Crippen LogP contribution in [-0.4, -0.2) is 9.13 Å². The Kier molecular flexibility index (Phi) is 4.19. The maximum Gasteiger partial charge on any atom is 0.0491 e. The highest BCUT2D eigenvalue weighted by molar-refractivity contribution is 6.09. The topological polar surface area (TPSA) is 9.86 Å². The van der Waals surface area contributed by atoms with Gasteiger partial charge in [-0.25, -0.2) is 0 Å². The third kappa shape index (κ3) is 2.86. The van der Waals surface area contributed by atoms with Crippen molar-refractivity contribution in [2.45, 2.75) is 26.7 Å². The normalized spacial score (nSPS) is 12.0. The largest absolute Gasteiger partial charge is 0.344 e. The zero-order valence-corrected chi connectivity index (χ0v) is 19.2. The molecule has 2 heteroatoms. The Labute approximate surface area is 188 Å². The van der Waals surface area contributed by atoms with Crippen LogP contribution in [0.2, 0.25) is 0 Å². The van der Waals surface area contributed by atoms with Crippen LogP contribution < -0.4 is 0 Å². The van der Waals surface area contributed by atoms with E-state index in [1.807, 2.05) is 0 Å². The van der Waals surface area contributed by atoms with Crippen molar-refractivity contribution in [1.29, 1.82) is 0 Å². The minimum absolute atomic E-state index is 1.05. The van der Waals surface area contributed by atoms with Gasteiger partial charge >= 0.3 is 0 Å². The van der Waals surface area contributed by atoms with Crippen molar-refractivity contribution in [3.05, 3.63) is 95.1 Å². The number of hydrogen-bond donors (Lipinski definition) is 0. The van der Waals surface area contributed by atoms with Gasteiger partial charge in [0.1, 0.15) is 0 Å². The minimum atomic E-state index is 1.05. The second-order valence-electron chi connectivity index (χ2n) is 9.36. The van der Waals surface area contributed by atoms with Crippen molar-refractivity contribution in [3.8, 4) is 0 Å². The molecule has 4 aromatic carbocycles. The monoisotopic (exact) mass is 416 g/mol. The van der Waals surface area contributed by atoms with E-state index in [2.05, 4.69) is 110 Å². The molecule has 0 radical (unpaired) electrons. The molecule has 0 aliphatic carbocycles. The van der Waals surface area contributed by atoms with Crippen LogP contribution >= 0.6 is 0 Å². The van der Waals surface area contributed by atoms with Gasteiger partial charge in [-0.15, -0.1) is 0 Å². The molecule has 32 heavy (non-hydrogen) atoms. The van der Waals surface area contributed by atoms with Gasteiger partial charge in [-0.1, -0.05) is 41.5 Å². The summed E-state index contributed by atoms with van der Waals surface area (Å²) in [6, 6.07) is 27.5. The predicted octanol–water partition coefficient (Wildman–Crippen LogP) is 7.38. The van der Waals surface area contributed by atoms with Gasteiger partial charge in [-0.2, -0.15) is 0 Å². The molecule has 2 heterocycles. The van der Waals surface area contributed by atoms with Crippen LogP contribution in [0.3, 0.4) is 0 Å². The Balaban J connectivity index is 1.36. The van der Waals surface area contributed by atoms with Crippen molar-refractivity contribution < 1.29 is 0 Å². The fourth-order valence-corrected chi connectivity index (χ4v) is 5.35. The van der Waals surface area contributed by atoms with Gasteiger partial charge in [-0.3, -0.25) is 0 Å². The van der Waals surface area contributed by atoms with Crippen LogP contribution in [0.1, 0.15) is 22.3 Å². The first-order chi connectivity index (χ1) is 15.5. The Hall–Kier alpha value is -3.52. The highest BCUT2D eigenvalue weighted by Gasteiger charge is 2.11. The van der Waals surface area contributed by atoms with Crippen molar-refractivity contribution in [3.63, 3.8) is 0 Å². The van der Waals surface area contributed by atoms with Crippen LogP contribution in [0.5, 0.6) is 0 Å². The molecule has 2 aromatic heterocycles. The molecule has 6 rings (SSSR count). The van der Waals surface area contributed by atoms with Crippen LogP contribution in [0.25, 0.3) is 43.6 Å². The van der Waals surface area contributed by atoms with Crippen molar-refractivity contribution in [1.82, 2.24) is 9.13 Å². The van der Waals surface area contributed by atoms with Gasteiger partial charge in [0.2, 0.25) is 0 Å². The second-order valence-corrected chi connectivity index (χ2v) is 9.36. The van der Waals surface area contributed by atoms with E-state index in [1.165, 1.54) is 65.9 Å². The van der Waals surface area contributed by atoms with E-state index in [0.717, 1.165) is 12.8 Å². The maximum atomic E-state index is 2.40. The van der Waals surface area contributed by atoms with E-state index in [1.54, 1.807) is 0 Å². The van der Waals surface area contributed by atoms with Gasteiger partial charge in [0, 0.05) is 57.7 Å². The predicted molar refractivity (Wildman–Crippen MR) is 138 cm³/mol. The summed E-state index contributed by atoms with van der Waals surface area (Å²) in [6.07, 6.45) is 2.10. The standard InChI is InChI=1S/C30H28N2/c1-19-5-12-27-24(15-19)23-11-9-22(18-30(23)32(27)4)8-7-21-10-14-29-26(17-21)25-16-20(2)6-13-28(25)31(29)3/h5-6,9-18H,7-8H2,1-4H3. The Bertz CT molecular complexity index is 1660. The first-order valence-electron chi connectivity index (χ1n) is 11.4. The molecule has 158 valence electrons. The molecular weight excluding hydrogens is 388 g/mol. The lowest BCUT2D eigenvalue weighted by Gasteiger charge is -2.05. The molecule has 0 saturated carbocycles. The Morgan fingerprint density at radius 3 is 1.59 bits per heavy atom. The lowest BCUT2D eigenvalue weighted by molar-refractivity contribution is 0.956. The lowest BCUT2D eigenvalue weighted by Crippen LogP contribution is -1.93. The fraction of sp³-hybridized carbons (Fsp3) is 0.200. The fourth-order valence-electron chi connectivity index (χ4n) is 5.35. The molecular formula is C30H28N2. The summed E-state index contributed by atoms with van der Waals surface area (Å²) in [5.41, 5.74) is 10.7. The molecule has 0 bridgehead atoms. The number of benzene rings is 4. The van der Waals surface area contributed by atoms with Gasteiger partial charge < -0.3 is 9.13 Å². The molecule has 0 aliphatic rings. The average Bonchev–Trinajstić information content (AvgIpc) is 3.23. The molecule has 0 N–H and O–H groups in total.